The smallest absolute Gasteiger partial charge is 0.0891 e. The Labute approximate surface area is 46.5 Å². The summed E-state index contributed by atoms with van der Waals surface area (Å²) in [5.41, 5.74) is 0. The van der Waals surface area contributed by atoms with Gasteiger partial charge in [-0.2, -0.15) is 0 Å². The average Bonchev–Trinajstić information content (AvgIpc) is 2.14. The Morgan fingerprint density at radius 1 is 1.29 bits per heavy atom. The van der Waals surface area contributed by atoms with Crippen molar-refractivity contribution in [3.63, 3.8) is 0 Å². The van der Waals surface area contributed by atoms with Crippen LogP contribution in [0.2, 0.25) is 12.6 Å². The molecule has 0 spiro atoms. The van der Waals surface area contributed by atoms with Crippen molar-refractivity contribution >= 4 is 7.28 Å². The van der Waals surface area contributed by atoms with Crippen LogP contribution in [-0.2, 0) is 0 Å². The van der Waals surface area contributed by atoms with Gasteiger partial charge in [-0.15, -0.1) is 0 Å². The predicted molar refractivity (Wildman–Crippen MR) is 35.2 cm³/mol. The molecular formula is C6H13B. The lowest BCUT2D eigenvalue weighted by atomic mass is 9.66. The predicted octanol–water partition coefficient (Wildman–Crippen LogP) is 1.83. The fourth-order valence-corrected chi connectivity index (χ4v) is 1.42. The zero-order chi connectivity index (χ0) is 5.11. The molecule has 0 aromatic heterocycles. The Hall–Kier alpha value is 0.0649. The summed E-state index contributed by atoms with van der Waals surface area (Å²) in [4.78, 5) is 0. The Morgan fingerprint density at radius 2 is 1.86 bits per heavy atom. The van der Waals surface area contributed by atoms with Crippen LogP contribution in [0.15, 0.2) is 0 Å². The van der Waals surface area contributed by atoms with E-state index in [9.17, 15) is 0 Å². The number of rotatable bonds is 1. The zero-order valence-electron chi connectivity index (χ0n) is 5.11. The summed E-state index contributed by atoms with van der Waals surface area (Å²) in [5, 5.41) is 0. The van der Waals surface area contributed by atoms with Crippen molar-refractivity contribution in [2.75, 3.05) is 0 Å². The Balaban J connectivity index is 2.14. The molecule has 0 aromatic carbocycles. The molecule has 7 heavy (non-hydrogen) atoms. The van der Waals surface area contributed by atoms with Gasteiger partial charge in [0.25, 0.3) is 0 Å². The van der Waals surface area contributed by atoms with Gasteiger partial charge in [0.05, 0.1) is 0 Å². The molecular weight excluding hydrogens is 82.9 g/mol. The largest absolute Gasteiger partial charge is 0.120 e. The summed E-state index contributed by atoms with van der Waals surface area (Å²) < 4.78 is 0. The van der Waals surface area contributed by atoms with E-state index < -0.39 is 0 Å². The molecule has 40 valence electrons. The summed E-state index contributed by atoms with van der Waals surface area (Å²) >= 11 is 0. The van der Waals surface area contributed by atoms with Gasteiger partial charge in [0.1, 0.15) is 7.28 Å². The topological polar surface area (TPSA) is 0 Å². The Morgan fingerprint density at radius 3 is 2.14 bits per heavy atom. The van der Waals surface area contributed by atoms with Gasteiger partial charge in [0.2, 0.25) is 0 Å². The second kappa shape index (κ2) is 2.39. The third-order valence-electron chi connectivity index (χ3n) is 2.05. The van der Waals surface area contributed by atoms with Crippen molar-refractivity contribution in [1.29, 1.82) is 0 Å². The lowest BCUT2D eigenvalue weighted by Crippen LogP contribution is -1.90. The molecule has 0 saturated heterocycles. The van der Waals surface area contributed by atoms with Gasteiger partial charge < -0.3 is 0 Å². The molecule has 0 heterocycles. The maximum atomic E-state index is 2.30. The minimum absolute atomic E-state index is 1.10. The van der Waals surface area contributed by atoms with Crippen molar-refractivity contribution in [3.05, 3.63) is 0 Å². The summed E-state index contributed by atoms with van der Waals surface area (Å²) in [7, 11) is 1.42. The first-order valence-electron chi connectivity index (χ1n) is 3.43. The SMILES string of the molecule is CBC1CCCC1. The van der Waals surface area contributed by atoms with Crippen LogP contribution >= 0.6 is 0 Å². The molecule has 0 aliphatic heterocycles. The monoisotopic (exact) mass is 96.1 g/mol. The molecule has 1 aliphatic rings. The van der Waals surface area contributed by atoms with E-state index in [1.54, 1.807) is 0 Å². The molecule has 0 amide bonds. The summed E-state index contributed by atoms with van der Waals surface area (Å²) in [6.07, 6.45) is 6.02. The standard InChI is InChI=1S/C6H13B/c1-7-6-4-2-3-5-6/h6-7H,2-5H2,1H3. The van der Waals surface area contributed by atoms with Crippen molar-refractivity contribution in [3.8, 4) is 0 Å². The van der Waals surface area contributed by atoms with Gasteiger partial charge in [-0.25, -0.2) is 0 Å². The molecule has 1 heteroatoms. The van der Waals surface area contributed by atoms with E-state index in [2.05, 4.69) is 6.82 Å². The van der Waals surface area contributed by atoms with Crippen molar-refractivity contribution in [2.45, 2.75) is 38.3 Å². The second-order valence-electron chi connectivity index (χ2n) is 2.56. The molecule has 0 radical (unpaired) electrons. The first kappa shape index (κ1) is 5.21. The lowest BCUT2D eigenvalue weighted by molar-refractivity contribution is 0.869. The minimum atomic E-state index is 1.10. The average molecular weight is 96.0 g/mol. The first-order chi connectivity index (χ1) is 3.43. The quantitative estimate of drug-likeness (QED) is 0.437. The van der Waals surface area contributed by atoms with Gasteiger partial charge >= 0.3 is 0 Å². The highest BCUT2D eigenvalue weighted by molar-refractivity contribution is 6.35. The van der Waals surface area contributed by atoms with E-state index in [0.717, 1.165) is 5.82 Å². The van der Waals surface area contributed by atoms with Crippen LogP contribution in [0.3, 0.4) is 0 Å². The first-order valence-corrected chi connectivity index (χ1v) is 3.43. The van der Waals surface area contributed by atoms with Gasteiger partial charge in [-0.05, 0) is 0 Å². The van der Waals surface area contributed by atoms with E-state index in [1.807, 2.05) is 0 Å². The zero-order valence-corrected chi connectivity index (χ0v) is 5.11. The van der Waals surface area contributed by atoms with E-state index in [4.69, 9.17) is 0 Å². The third-order valence-corrected chi connectivity index (χ3v) is 2.05. The number of hydrogen-bond donors (Lipinski definition) is 0. The van der Waals surface area contributed by atoms with Crippen LogP contribution in [0.5, 0.6) is 0 Å². The Bertz CT molecular complexity index is 46.1. The van der Waals surface area contributed by atoms with E-state index in [1.165, 1.54) is 33.0 Å². The van der Waals surface area contributed by atoms with Crippen molar-refractivity contribution in [2.24, 2.45) is 0 Å². The van der Waals surface area contributed by atoms with Gasteiger partial charge in [-0.3, -0.25) is 0 Å². The minimum Gasteiger partial charge on any atom is -0.0891 e. The molecule has 1 saturated carbocycles. The van der Waals surface area contributed by atoms with Crippen LogP contribution in [-0.4, -0.2) is 7.28 Å². The van der Waals surface area contributed by atoms with Crippen LogP contribution in [0.1, 0.15) is 25.7 Å². The fourth-order valence-electron chi connectivity index (χ4n) is 1.42. The van der Waals surface area contributed by atoms with Gasteiger partial charge in [0.15, 0.2) is 0 Å². The number of hydrogen-bond acceptors (Lipinski definition) is 0. The molecule has 1 rings (SSSR count). The van der Waals surface area contributed by atoms with E-state index in [-0.39, 0.29) is 0 Å². The van der Waals surface area contributed by atoms with Gasteiger partial charge in [-0.1, -0.05) is 38.3 Å². The highest BCUT2D eigenvalue weighted by Gasteiger charge is 2.11. The van der Waals surface area contributed by atoms with Crippen LogP contribution in [0.25, 0.3) is 0 Å². The molecule has 1 fully saturated rings. The lowest BCUT2D eigenvalue weighted by Gasteiger charge is -1.97. The van der Waals surface area contributed by atoms with E-state index >= 15 is 0 Å². The molecule has 0 bridgehead atoms. The third kappa shape index (κ3) is 1.22. The molecule has 0 N–H and O–H groups in total. The Kier molecular flexibility index (Phi) is 1.78. The molecule has 0 aromatic rings. The van der Waals surface area contributed by atoms with Gasteiger partial charge in [0, 0.05) is 0 Å². The normalized spacial score (nSPS) is 23.0. The fraction of sp³-hybridized carbons (Fsp3) is 1.00. The summed E-state index contributed by atoms with van der Waals surface area (Å²) in [5.74, 6) is 1.10. The van der Waals surface area contributed by atoms with E-state index in [0.29, 0.717) is 0 Å². The summed E-state index contributed by atoms with van der Waals surface area (Å²) in [6, 6.07) is 0. The van der Waals surface area contributed by atoms with Crippen molar-refractivity contribution < 1.29 is 0 Å². The molecule has 0 atom stereocenters. The maximum Gasteiger partial charge on any atom is 0.120 e. The molecule has 0 nitrogen and oxygen atoms in total. The molecule has 0 unspecified atom stereocenters. The maximum absolute atomic E-state index is 2.30. The second-order valence-corrected chi connectivity index (χ2v) is 2.56. The van der Waals surface area contributed by atoms with Crippen LogP contribution < -0.4 is 0 Å². The molecule has 1 aliphatic carbocycles. The van der Waals surface area contributed by atoms with Crippen LogP contribution in [0.4, 0.5) is 0 Å². The highest BCUT2D eigenvalue weighted by Crippen LogP contribution is 2.28. The summed E-state index contributed by atoms with van der Waals surface area (Å²) in [6.45, 7) is 2.30. The van der Waals surface area contributed by atoms with Crippen molar-refractivity contribution in [1.82, 2.24) is 0 Å². The van der Waals surface area contributed by atoms with Crippen LogP contribution in [0, 0.1) is 0 Å². The highest BCUT2D eigenvalue weighted by atomic mass is 14.1.